The summed E-state index contributed by atoms with van der Waals surface area (Å²) in [6.07, 6.45) is 0. The molecule has 20 heavy (non-hydrogen) atoms. The molecule has 0 aromatic heterocycles. The monoisotopic (exact) mass is 273 g/mol. The van der Waals surface area contributed by atoms with Crippen molar-refractivity contribution in [2.24, 2.45) is 0 Å². The first kappa shape index (κ1) is 13.3. The van der Waals surface area contributed by atoms with Crippen LogP contribution in [0.25, 0.3) is 0 Å². The number of benzene rings is 1. The molecule has 0 spiro atoms. The smallest absolute Gasteiger partial charge is 0.261 e. The van der Waals surface area contributed by atoms with Gasteiger partial charge in [0.05, 0.1) is 17.2 Å². The minimum Gasteiger partial charge on any atom is -0.269 e. The van der Waals surface area contributed by atoms with Gasteiger partial charge in [0.25, 0.3) is 11.8 Å². The van der Waals surface area contributed by atoms with Gasteiger partial charge in [-0.05, 0) is 12.1 Å². The summed E-state index contributed by atoms with van der Waals surface area (Å²) in [6.45, 7) is 7.44. The first-order valence-electron chi connectivity index (χ1n) is 7.14. The Hall–Kier alpha value is -1.72. The third-order valence-electron chi connectivity index (χ3n) is 4.16. The molecule has 5 heteroatoms. The van der Waals surface area contributed by atoms with Crippen molar-refractivity contribution >= 4 is 11.8 Å². The highest BCUT2D eigenvalue weighted by molar-refractivity contribution is 6.21. The summed E-state index contributed by atoms with van der Waals surface area (Å²) in [5.74, 6) is -0.297. The van der Waals surface area contributed by atoms with E-state index in [1.54, 1.807) is 24.3 Å². The van der Waals surface area contributed by atoms with E-state index in [1.165, 1.54) is 4.90 Å². The Morgan fingerprint density at radius 1 is 0.950 bits per heavy atom. The summed E-state index contributed by atoms with van der Waals surface area (Å²) in [4.78, 5) is 26.4. The van der Waals surface area contributed by atoms with Crippen LogP contribution in [0.15, 0.2) is 24.3 Å². The van der Waals surface area contributed by atoms with Gasteiger partial charge in [-0.15, -0.1) is 0 Å². The number of rotatable bonds is 3. The Kier molecular flexibility index (Phi) is 3.31. The number of hydrazine groups is 1. The van der Waals surface area contributed by atoms with Gasteiger partial charge in [0, 0.05) is 26.2 Å². The maximum atomic E-state index is 12.5. The largest absolute Gasteiger partial charge is 0.269 e. The lowest BCUT2D eigenvalue weighted by molar-refractivity contribution is 0.0388. The minimum atomic E-state index is -0.149. The van der Waals surface area contributed by atoms with Crippen molar-refractivity contribution in [3.05, 3.63) is 35.4 Å². The van der Waals surface area contributed by atoms with Crippen LogP contribution in [0.4, 0.5) is 0 Å². The van der Waals surface area contributed by atoms with Gasteiger partial charge in [-0.2, -0.15) is 0 Å². The van der Waals surface area contributed by atoms with E-state index in [9.17, 15) is 9.59 Å². The SMILES string of the molecule is CCN1CC(N2C(=O)c3ccccc3C2=O)CN1CC. The molecule has 0 saturated carbocycles. The first-order valence-corrected chi connectivity index (χ1v) is 7.14. The van der Waals surface area contributed by atoms with Crippen LogP contribution in [0.2, 0.25) is 0 Å². The summed E-state index contributed by atoms with van der Waals surface area (Å²) in [6, 6.07) is 7.03. The van der Waals surface area contributed by atoms with E-state index in [0.717, 1.165) is 26.2 Å². The average molecular weight is 273 g/mol. The molecule has 2 aliphatic rings. The van der Waals surface area contributed by atoms with Gasteiger partial charge < -0.3 is 0 Å². The van der Waals surface area contributed by atoms with E-state index < -0.39 is 0 Å². The first-order chi connectivity index (χ1) is 9.67. The fourth-order valence-electron chi connectivity index (χ4n) is 3.14. The summed E-state index contributed by atoms with van der Waals surface area (Å²) in [5.41, 5.74) is 1.07. The highest BCUT2D eigenvalue weighted by Gasteiger charge is 2.43. The van der Waals surface area contributed by atoms with E-state index in [0.29, 0.717) is 11.1 Å². The highest BCUT2D eigenvalue weighted by atomic mass is 16.2. The number of hydrogen-bond acceptors (Lipinski definition) is 4. The van der Waals surface area contributed by atoms with Crippen LogP contribution in [0.5, 0.6) is 0 Å². The third-order valence-corrected chi connectivity index (χ3v) is 4.16. The molecule has 5 nitrogen and oxygen atoms in total. The fourth-order valence-corrected chi connectivity index (χ4v) is 3.14. The Labute approximate surface area is 118 Å². The molecule has 0 unspecified atom stereocenters. The molecule has 1 fully saturated rings. The molecule has 0 N–H and O–H groups in total. The Morgan fingerprint density at radius 3 is 1.80 bits per heavy atom. The van der Waals surface area contributed by atoms with Gasteiger partial charge in [0.1, 0.15) is 0 Å². The van der Waals surface area contributed by atoms with E-state index in [4.69, 9.17) is 0 Å². The average Bonchev–Trinajstić information content (AvgIpc) is 2.99. The zero-order valence-corrected chi connectivity index (χ0v) is 11.9. The zero-order chi connectivity index (χ0) is 14.3. The fraction of sp³-hybridized carbons (Fsp3) is 0.467. The Bertz CT molecular complexity index is 511. The lowest BCUT2D eigenvalue weighted by atomic mass is 10.1. The second kappa shape index (κ2) is 5.00. The maximum absolute atomic E-state index is 12.5. The van der Waals surface area contributed by atoms with Crippen molar-refractivity contribution in [3.8, 4) is 0 Å². The van der Waals surface area contributed by atoms with Crippen molar-refractivity contribution in [2.75, 3.05) is 26.2 Å². The van der Waals surface area contributed by atoms with E-state index in [2.05, 4.69) is 23.9 Å². The molecule has 1 aromatic carbocycles. The van der Waals surface area contributed by atoms with Crippen molar-refractivity contribution in [2.45, 2.75) is 19.9 Å². The number of carbonyl (C=O) groups is 2. The predicted molar refractivity (Wildman–Crippen MR) is 75.2 cm³/mol. The minimum absolute atomic E-state index is 0.0534. The van der Waals surface area contributed by atoms with Crippen molar-refractivity contribution in [1.29, 1.82) is 0 Å². The van der Waals surface area contributed by atoms with Crippen LogP contribution in [-0.4, -0.2) is 59.0 Å². The molecule has 0 aliphatic carbocycles. The lowest BCUT2D eigenvalue weighted by Gasteiger charge is -2.24. The normalized spacial score (nSPS) is 21.0. The number of likely N-dealkylation sites (N-methyl/N-ethyl adjacent to an activating group) is 2. The summed E-state index contributed by atoms with van der Waals surface area (Å²) >= 11 is 0. The van der Waals surface area contributed by atoms with Crippen LogP contribution in [0.1, 0.15) is 34.6 Å². The van der Waals surface area contributed by atoms with Crippen molar-refractivity contribution in [3.63, 3.8) is 0 Å². The van der Waals surface area contributed by atoms with Crippen LogP contribution in [0, 0.1) is 0 Å². The predicted octanol–water partition coefficient (Wildman–Crippen LogP) is 1.22. The van der Waals surface area contributed by atoms with Crippen molar-refractivity contribution < 1.29 is 9.59 Å². The molecule has 2 amide bonds. The number of amides is 2. The molecule has 0 bridgehead atoms. The number of nitrogens with zero attached hydrogens (tertiary/aromatic N) is 3. The standard InChI is InChI=1S/C15H19N3O2/c1-3-16-9-11(10-17(16)4-2)18-14(19)12-7-5-6-8-13(12)15(18)20/h5-8,11H,3-4,9-10H2,1-2H3. The molecule has 0 radical (unpaired) electrons. The molecule has 106 valence electrons. The molecule has 0 atom stereocenters. The molecule has 1 aromatic rings. The molecular formula is C15H19N3O2. The van der Waals surface area contributed by atoms with Gasteiger partial charge in [-0.1, -0.05) is 26.0 Å². The zero-order valence-electron chi connectivity index (χ0n) is 11.9. The lowest BCUT2D eigenvalue weighted by Crippen LogP contribution is -2.43. The van der Waals surface area contributed by atoms with Gasteiger partial charge in [0.2, 0.25) is 0 Å². The summed E-state index contributed by atoms with van der Waals surface area (Å²) in [5, 5.41) is 4.41. The maximum Gasteiger partial charge on any atom is 0.261 e. The van der Waals surface area contributed by atoms with Gasteiger partial charge in [-0.3, -0.25) is 14.5 Å². The van der Waals surface area contributed by atoms with Gasteiger partial charge >= 0.3 is 0 Å². The van der Waals surface area contributed by atoms with Crippen LogP contribution in [-0.2, 0) is 0 Å². The number of imide groups is 1. The van der Waals surface area contributed by atoms with Gasteiger partial charge in [-0.25, -0.2) is 10.0 Å². The summed E-state index contributed by atoms with van der Waals surface area (Å²) < 4.78 is 0. The van der Waals surface area contributed by atoms with Crippen LogP contribution < -0.4 is 0 Å². The second-order valence-electron chi connectivity index (χ2n) is 5.19. The van der Waals surface area contributed by atoms with E-state index in [1.807, 2.05) is 0 Å². The number of fused-ring (bicyclic) bond motifs is 1. The van der Waals surface area contributed by atoms with Crippen molar-refractivity contribution in [1.82, 2.24) is 14.9 Å². The molecule has 2 heterocycles. The van der Waals surface area contributed by atoms with Crippen LogP contribution in [0.3, 0.4) is 0 Å². The second-order valence-corrected chi connectivity index (χ2v) is 5.19. The molecule has 1 saturated heterocycles. The van der Waals surface area contributed by atoms with Gasteiger partial charge in [0.15, 0.2) is 0 Å². The topological polar surface area (TPSA) is 43.9 Å². The van der Waals surface area contributed by atoms with E-state index in [-0.39, 0.29) is 17.9 Å². The third kappa shape index (κ3) is 1.85. The highest BCUT2D eigenvalue weighted by Crippen LogP contribution is 2.27. The molecule has 2 aliphatic heterocycles. The Balaban J connectivity index is 1.87. The molecular weight excluding hydrogens is 254 g/mol. The quantitative estimate of drug-likeness (QED) is 0.777. The Morgan fingerprint density at radius 2 is 1.40 bits per heavy atom. The molecule has 3 rings (SSSR count). The van der Waals surface area contributed by atoms with Crippen LogP contribution >= 0.6 is 0 Å². The number of hydrogen-bond donors (Lipinski definition) is 0. The van der Waals surface area contributed by atoms with E-state index >= 15 is 0 Å². The number of carbonyl (C=O) groups excluding carboxylic acids is 2. The summed E-state index contributed by atoms with van der Waals surface area (Å²) in [7, 11) is 0.